The van der Waals surface area contributed by atoms with Gasteiger partial charge in [0, 0.05) is 17.3 Å². The molecule has 2 heterocycles. The number of hydrogen-bond acceptors (Lipinski definition) is 2. The molecule has 5 nitrogen and oxygen atoms in total. The summed E-state index contributed by atoms with van der Waals surface area (Å²) in [5, 5.41) is 9.99. The lowest BCUT2D eigenvalue weighted by atomic mass is 10.1. The Hall–Kier alpha value is -2.82. The fraction of sp³-hybridized carbons (Fsp3) is 0.0667. The van der Waals surface area contributed by atoms with Gasteiger partial charge < -0.3 is 14.7 Å². The summed E-state index contributed by atoms with van der Waals surface area (Å²) < 4.78 is 1.54. The predicted octanol–water partition coefficient (Wildman–Crippen LogP) is 2.08. The van der Waals surface area contributed by atoms with Gasteiger partial charge in [0.2, 0.25) is 0 Å². The van der Waals surface area contributed by atoms with E-state index in [0.717, 1.165) is 10.9 Å². The summed E-state index contributed by atoms with van der Waals surface area (Å²) in [7, 11) is 0. The van der Waals surface area contributed by atoms with Crippen LogP contribution in [-0.2, 0) is 6.54 Å². The van der Waals surface area contributed by atoms with E-state index < -0.39 is 5.97 Å². The van der Waals surface area contributed by atoms with Gasteiger partial charge >= 0.3 is 5.97 Å². The van der Waals surface area contributed by atoms with Crippen LogP contribution in [0.15, 0.2) is 53.5 Å². The zero-order valence-corrected chi connectivity index (χ0v) is 10.5. The first-order chi connectivity index (χ1) is 9.65. The van der Waals surface area contributed by atoms with E-state index in [9.17, 15) is 9.59 Å². The molecule has 0 aliphatic heterocycles. The maximum Gasteiger partial charge on any atom is 0.352 e. The quantitative estimate of drug-likeness (QED) is 0.763. The smallest absolute Gasteiger partial charge is 0.352 e. The van der Waals surface area contributed by atoms with E-state index in [-0.39, 0.29) is 17.8 Å². The number of nitrogens with zero attached hydrogens (tertiary/aromatic N) is 1. The summed E-state index contributed by atoms with van der Waals surface area (Å²) in [6.07, 6.45) is 1.65. The van der Waals surface area contributed by atoms with Crippen LogP contribution in [0.25, 0.3) is 10.9 Å². The number of para-hydroxylation sites is 1. The first kappa shape index (κ1) is 12.2. The van der Waals surface area contributed by atoms with Gasteiger partial charge in [-0.05, 0) is 29.7 Å². The molecule has 2 N–H and O–H groups in total. The standard InChI is InChI=1S/C15H12N2O3/c18-14-11(8-10-4-1-2-5-12(10)16-14)9-17-7-3-6-13(17)15(19)20/h1-8H,9H2,(H,16,18)(H,19,20). The number of carboxylic acids is 1. The number of fused-ring (bicyclic) bond motifs is 1. The van der Waals surface area contributed by atoms with Gasteiger partial charge in [0.05, 0.1) is 6.54 Å². The van der Waals surface area contributed by atoms with Crippen molar-refractivity contribution >= 4 is 16.9 Å². The Morgan fingerprint density at radius 2 is 2.00 bits per heavy atom. The number of benzene rings is 1. The number of rotatable bonds is 3. The number of aromatic amines is 1. The van der Waals surface area contributed by atoms with E-state index in [0.29, 0.717) is 5.56 Å². The highest BCUT2D eigenvalue weighted by Crippen LogP contribution is 2.12. The fourth-order valence-electron chi connectivity index (χ4n) is 2.24. The van der Waals surface area contributed by atoms with Crippen LogP contribution in [-0.4, -0.2) is 20.6 Å². The van der Waals surface area contributed by atoms with E-state index in [1.165, 1.54) is 6.07 Å². The van der Waals surface area contributed by atoms with Crippen molar-refractivity contribution in [3.63, 3.8) is 0 Å². The second-order valence-electron chi connectivity index (χ2n) is 4.54. The van der Waals surface area contributed by atoms with Crippen LogP contribution < -0.4 is 5.56 Å². The summed E-state index contributed by atoms with van der Waals surface area (Å²) in [5.74, 6) is -1.01. The summed E-state index contributed by atoms with van der Waals surface area (Å²) in [4.78, 5) is 25.9. The monoisotopic (exact) mass is 268 g/mol. The molecule has 5 heteroatoms. The molecule has 0 radical (unpaired) electrons. The van der Waals surface area contributed by atoms with Crippen LogP contribution in [0.3, 0.4) is 0 Å². The van der Waals surface area contributed by atoms with Crippen LogP contribution in [0.4, 0.5) is 0 Å². The highest BCUT2D eigenvalue weighted by atomic mass is 16.4. The molecule has 2 aromatic heterocycles. The fourth-order valence-corrected chi connectivity index (χ4v) is 2.24. The lowest BCUT2D eigenvalue weighted by Gasteiger charge is -2.07. The molecule has 0 saturated carbocycles. The lowest BCUT2D eigenvalue weighted by molar-refractivity contribution is 0.0685. The third-order valence-electron chi connectivity index (χ3n) is 3.22. The van der Waals surface area contributed by atoms with Crippen molar-refractivity contribution < 1.29 is 9.90 Å². The molecule has 0 fully saturated rings. The minimum absolute atomic E-state index is 0.164. The first-order valence-electron chi connectivity index (χ1n) is 6.14. The van der Waals surface area contributed by atoms with E-state index in [2.05, 4.69) is 4.98 Å². The van der Waals surface area contributed by atoms with Gasteiger partial charge in [-0.2, -0.15) is 0 Å². The van der Waals surface area contributed by atoms with Gasteiger partial charge in [-0.25, -0.2) is 4.79 Å². The van der Waals surface area contributed by atoms with Crippen LogP contribution in [0.2, 0.25) is 0 Å². The van der Waals surface area contributed by atoms with Crippen molar-refractivity contribution in [1.82, 2.24) is 9.55 Å². The zero-order valence-electron chi connectivity index (χ0n) is 10.5. The third-order valence-corrected chi connectivity index (χ3v) is 3.22. The van der Waals surface area contributed by atoms with Gasteiger partial charge in [-0.3, -0.25) is 4.79 Å². The van der Waals surface area contributed by atoms with Gasteiger partial charge in [0.15, 0.2) is 0 Å². The molecule has 0 unspecified atom stereocenters. The van der Waals surface area contributed by atoms with Gasteiger partial charge in [-0.1, -0.05) is 18.2 Å². The zero-order chi connectivity index (χ0) is 14.1. The highest BCUT2D eigenvalue weighted by Gasteiger charge is 2.10. The molecule has 0 saturated heterocycles. The maximum absolute atomic E-state index is 12.0. The average molecular weight is 268 g/mol. The molecule has 0 atom stereocenters. The Kier molecular flexibility index (Phi) is 2.87. The molecule has 100 valence electrons. The normalized spacial score (nSPS) is 10.8. The molecular formula is C15H12N2O3. The van der Waals surface area contributed by atoms with Crippen LogP contribution in [0.5, 0.6) is 0 Å². The van der Waals surface area contributed by atoms with Gasteiger partial charge in [-0.15, -0.1) is 0 Å². The Labute approximate surface area is 114 Å². The molecule has 0 aliphatic carbocycles. The Balaban J connectivity index is 2.06. The molecule has 3 aromatic rings. The van der Waals surface area contributed by atoms with Gasteiger partial charge in [0.25, 0.3) is 5.56 Å². The van der Waals surface area contributed by atoms with Crippen molar-refractivity contribution in [3.8, 4) is 0 Å². The number of aromatic carboxylic acids is 1. The highest BCUT2D eigenvalue weighted by molar-refractivity contribution is 5.85. The van der Waals surface area contributed by atoms with Crippen LogP contribution >= 0.6 is 0 Å². The van der Waals surface area contributed by atoms with E-state index >= 15 is 0 Å². The number of H-pyrrole nitrogens is 1. The summed E-state index contributed by atoms with van der Waals surface area (Å²) in [6.45, 7) is 0.231. The summed E-state index contributed by atoms with van der Waals surface area (Å²) in [5.41, 5.74) is 1.26. The van der Waals surface area contributed by atoms with Gasteiger partial charge in [0.1, 0.15) is 5.69 Å². The Morgan fingerprint density at radius 1 is 1.20 bits per heavy atom. The minimum atomic E-state index is -1.01. The first-order valence-corrected chi connectivity index (χ1v) is 6.14. The molecule has 1 aromatic carbocycles. The predicted molar refractivity (Wildman–Crippen MR) is 75.1 cm³/mol. The van der Waals surface area contributed by atoms with Crippen LogP contribution in [0, 0.1) is 0 Å². The maximum atomic E-state index is 12.0. The second-order valence-corrected chi connectivity index (χ2v) is 4.54. The molecule has 3 rings (SSSR count). The van der Waals surface area contributed by atoms with Crippen molar-refractivity contribution in [1.29, 1.82) is 0 Å². The van der Waals surface area contributed by atoms with E-state index in [4.69, 9.17) is 5.11 Å². The van der Waals surface area contributed by atoms with Crippen LogP contribution in [0.1, 0.15) is 16.1 Å². The number of carboxylic acid groups (broad SMARTS) is 1. The lowest BCUT2D eigenvalue weighted by Crippen LogP contribution is -2.17. The van der Waals surface area contributed by atoms with Crippen molar-refractivity contribution in [2.24, 2.45) is 0 Å². The number of hydrogen-bond donors (Lipinski definition) is 2. The Bertz CT molecular complexity index is 845. The second kappa shape index (κ2) is 4.70. The van der Waals surface area contributed by atoms with E-state index in [1.54, 1.807) is 22.9 Å². The molecule has 0 bridgehead atoms. The van der Waals surface area contributed by atoms with Crippen molar-refractivity contribution in [2.45, 2.75) is 6.54 Å². The minimum Gasteiger partial charge on any atom is -0.477 e. The number of nitrogens with one attached hydrogen (secondary N) is 1. The molecular weight excluding hydrogens is 256 g/mol. The van der Waals surface area contributed by atoms with Crippen molar-refractivity contribution in [3.05, 3.63) is 70.3 Å². The molecule has 0 spiro atoms. The summed E-state index contributed by atoms with van der Waals surface area (Å²) in [6, 6.07) is 12.4. The van der Waals surface area contributed by atoms with Crippen molar-refractivity contribution in [2.75, 3.05) is 0 Å². The Morgan fingerprint density at radius 3 is 2.80 bits per heavy atom. The summed E-state index contributed by atoms with van der Waals surface area (Å²) >= 11 is 0. The molecule has 0 aliphatic rings. The third kappa shape index (κ3) is 2.09. The molecule has 20 heavy (non-hydrogen) atoms. The topological polar surface area (TPSA) is 75.1 Å². The number of aromatic nitrogens is 2. The SMILES string of the molecule is O=C(O)c1cccn1Cc1cc2ccccc2[nH]c1=O. The number of carbonyl (C=O) groups is 1. The average Bonchev–Trinajstić information content (AvgIpc) is 2.88. The van der Waals surface area contributed by atoms with E-state index in [1.807, 2.05) is 24.3 Å². The largest absolute Gasteiger partial charge is 0.477 e. The number of pyridine rings is 1. The molecule has 0 amide bonds.